The van der Waals surface area contributed by atoms with Crippen molar-refractivity contribution in [2.24, 2.45) is 11.7 Å². The predicted octanol–water partition coefficient (Wildman–Crippen LogP) is -2.03. The number of ether oxygens (including phenoxy) is 2. The van der Waals surface area contributed by atoms with Crippen LogP contribution in [0.4, 0.5) is 4.79 Å². The number of nitrogens with two attached hydrogens (primary N) is 1. The summed E-state index contributed by atoms with van der Waals surface area (Å²) in [5.41, 5.74) is 5.58. The van der Waals surface area contributed by atoms with Gasteiger partial charge in [0.15, 0.2) is 5.72 Å². The normalized spacial score (nSPS) is 33.9. The number of carbonyl (C=O) groups excluding carboxylic acids is 3. The first kappa shape index (κ1) is 18.0. The molecule has 0 aromatic heterocycles. The van der Waals surface area contributed by atoms with Crippen LogP contribution in [-0.2, 0) is 19.1 Å². The second-order valence-electron chi connectivity index (χ2n) is 7.08. The Kier molecular flexibility index (Phi) is 4.02. The average Bonchev–Trinajstić information content (AvgIpc) is 3.27. The number of aliphatic hydroxyl groups excluding tert-OH is 1. The van der Waals surface area contributed by atoms with E-state index >= 15 is 0 Å². The number of Topliss-reactive ketones (excluding diaryl/α,β-unsaturated/α-hetero) is 2. The van der Waals surface area contributed by atoms with Gasteiger partial charge in [0.05, 0.1) is 30.0 Å². The second kappa shape index (κ2) is 6.04. The van der Waals surface area contributed by atoms with Crippen molar-refractivity contribution in [2.45, 2.75) is 24.7 Å². The summed E-state index contributed by atoms with van der Waals surface area (Å²) >= 11 is 0. The highest BCUT2D eigenvalue weighted by Crippen LogP contribution is 2.55. The molecule has 1 amide bonds. The number of allylic oxidation sites excluding steroid dienone is 2. The van der Waals surface area contributed by atoms with E-state index in [2.05, 4.69) is 10.6 Å². The molecule has 1 aliphatic carbocycles. The molecule has 3 aliphatic heterocycles. The van der Waals surface area contributed by atoms with Crippen molar-refractivity contribution in [3.05, 3.63) is 22.5 Å². The van der Waals surface area contributed by atoms with Crippen LogP contribution in [0.5, 0.6) is 0 Å². The third-order valence-electron chi connectivity index (χ3n) is 5.84. The lowest BCUT2D eigenvalue weighted by atomic mass is 9.82. The molecule has 2 saturated heterocycles. The van der Waals surface area contributed by atoms with Gasteiger partial charge in [0.1, 0.15) is 6.61 Å². The molecule has 4 atom stereocenters. The van der Waals surface area contributed by atoms with Gasteiger partial charge in [-0.15, -0.1) is 0 Å². The molecule has 4 rings (SSSR count). The second-order valence-corrected chi connectivity index (χ2v) is 7.08. The Morgan fingerprint density at radius 1 is 1.44 bits per heavy atom. The van der Waals surface area contributed by atoms with E-state index in [4.69, 9.17) is 20.3 Å². The first-order chi connectivity index (χ1) is 12.9. The van der Waals surface area contributed by atoms with Crippen molar-refractivity contribution in [2.75, 3.05) is 33.4 Å². The minimum Gasteiger partial charge on any atom is -0.449 e. The molecule has 10 heteroatoms. The number of fused-ring (bicyclic) bond motifs is 4. The van der Waals surface area contributed by atoms with Crippen LogP contribution in [0.3, 0.4) is 0 Å². The number of carbonyl (C=O) groups is 3. The summed E-state index contributed by atoms with van der Waals surface area (Å²) in [7, 11) is 1.52. The zero-order chi connectivity index (χ0) is 19.5. The van der Waals surface area contributed by atoms with E-state index in [-0.39, 0.29) is 54.5 Å². The average molecular weight is 378 g/mol. The summed E-state index contributed by atoms with van der Waals surface area (Å²) in [6.45, 7) is 1.74. The predicted molar refractivity (Wildman–Crippen MR) is 91.0 cm³/mol. The van der Waals surface area contributed by atoms with Gasteiger partial charge in [0.25, 0.3) is 0 Å². The fraction of sp³-hybridized carbons (Fsp3) is 0.588. The molecule has 3 heterocycles. The minimum atomic E-state index is -0.983. The maximum Gasteiger partial charge on any atom is 0.407 e. The highest BCUT2D eigenvalue weighted by atomic mass is 16.6. The van der Waals surface area contributed by atoms with Gasteiger partial charge in [-0.1, -0.05) is 0 Å². The van der Waals surface area contributed by atoms with Crippen LogP contribution in [0, 0.1) is 5.92 Å². The molecule has 4 aliphatic rings. The molecule has 0 aromatic rings. The Balaban J connectivity index is 1.70. The zero-order valence-corrected chi connectivity index (χ0v) is 15.1. The summed E-state index contributed by atoms with van der Waals surface area (Å²) < 4.78 is 11.1. The Morgan fingerprint density at radius 2 is 2.19 bits per heavy atom. The summed E-state index contributed by atoms with van der Waals surface area (Å²) in [5.74, 6) is -1.38. The SMILES string of the molecule is CO[C@@]12[C@H](COC(=O)NCCO)C3=C(C(=O)C(C)=C(N)C3=O)N1C[C@@H]1N[C@@H]12. The summed E-state index contributed by atoms with van der Waals surface area (Å²) in [6.07, 6.45) is -0.719. The minimum absolute atomic E-state index is 0.0531. The lowest BCUT2D eigenvalue weighted by molar-refractivity contribution is -0.137. The van der Waals surface area contributed by atoms with Crippen LogP contribution in [0.25, 0.3) is 0 Å². The fourth-order valence-electron chi connectivity index (χ4n) is 4.51. The number of piperazine rings is 1. The Hall–Kier alpha value is -2.43. The van der Waals surface area contributed by atoms with E-state index in [0.29, 0.717) is 12.2 Å². The standard InChI is InChI=1S/C17H22N4O6/c1-7-11(18)14(24)10-8(6-27-16(25)19-3-4-22)17(26-2)15-9(20-15)5-21(17)12(10)13(7)23/h8-9,15,20,22H,3-6,18H2,1-2H3,(H,19,25)/t8-,9+,15+,17-/m1/s1. The molecule has 0 aromatic carbocycles. The van der Waals surface area contributed by atoms with Crippen molar-refractivity contribution in [3.63, 3.8) is 0 Å². The Bertz CT molecular complexity index is 805. The molecule has 5 N–H and O–H groups in total. The molecule has 0 radical (unpaired) electrons. The van der Waals surface area contributed by atoms with E-state index in [9.17, 15) is 14.4 Å². The van der Waals surface area contributed by atoms with E-state index in [1.54, 1.807) is 0 Å². The van der Waals surface area contributed by atoms with Crippen molar-refractivity contribution in [1.82, 2.24) is 15.5 Å². The Labute approximate surface area is 155 Å². The van der Waals surface area contributed by atoms with Crippen LogP contribution in [-0.4, -0.2) is 78.9 Å². The van der Waals surface area contributed by atoms with Crippen LogP contribution < -0.4 is 16.4 Å². The molecule has 10 nitrogen and oxygen atoms in total. The third kappa shape index (κ3) is 2.27. The number of ketones is 2. The van der Waals surface area contributed by atoms with Crippen LogP contribution in [0.15, 0.2) is 22.5 Å². The summed E-state index contributed by atoms with van der Waals surface area (Å²) in [4.78, 5) is 39.5. The molecule has 0 saturated carbocycles. The number of hydrogen-bond donors (Lipinski definition) is 4. The highest BCUT2D eigenvalue weighted by Gasteiger charge is 2.72. The number of hydrogen-bond acceptors (Lipinski definition) is 9. The summed E-state index contributed by atoms with van der Waals surface area (Å²) in [6, 6.07) is 0.0699. The zero-order valence-electron chi connectivity index (χ0n) is 15.1. The first-order valence-corrected chi connectivity index (χ1v) is 8.78. The molecule has 2 fully saturated rings. The molecular formula is C17H22N4O6. The summed E-state index contributed by atoms with van der Waals surface area (Å²) in [5, 5.41) is 14.5. The van der Waals surface area contributed by atoms with Gasteiger partial charge in [-0.3, -0.25) is 9.59 Å². The smallest absolute Gasteiger partial charge is 0.407 e. The quantitative estimate of drug-likeness (QED) is 0.313. The van der Waals surface area contributed by atoms with Gasteiger partial charge in [-0.05, 0) is 6.92 Å². The maximum absolute atomic E-state index is 12.9. The van der Waals surface area contributed by atoms with Gasteiger partial charge < -0.3 is 35.8 Å². The van der Waals surface area contributed by atoms with Crippen LogP contribution in [0.1, 0.15) is 6.92 Å². The monoisotopic (exact) mass is 378 g/mol. The van der Waals surface area contributed by atoms with E-state index in [1.807, 2.05) is 4.90 Å². The van der Waals surface area contributed by atoms with Gasteiger partial charge >= 0.3 is 6.09 Å². The molecule has 0 bridgehead atoms. The highest BCUT2D eigenvalue weighted by molar-refractivity contribution is 6.25. The van der Waals surface area contributed by atoms with E-state index in [0.717, 1.165) is 0 Å². The van der Waals surface area contributed by atoms with Crippen molar-refractivity contribution >= 4 is 17.7 Å². The number of methoxy groups -OCH3 is 1. The van der Waals surface area contributed by atoms with Gasteiger partial charge in [-0.2, -0.15) is 0 Å². The third-order valence-corrected chi connectivity index (χ3v) is 5.84. The molecule has 146 valence electrons. The van der Waals surface area contributed by atoms with Gasteiger partial charge in [-0.25, -0.2) is 4.79 Å². The lowest BCUT2D eigenvalue weighted by Crippen LogP contribution is -2.55. The Morgan fingerprint density at radius 3 is 2.85 bits per heavy atom. The topological polar surface area (TPSA) is 153 Å². The van der Waals surface area contributed by atoms with Gasteiger partial charge in [0, 0.05) is 37.4 Å². The van der Waals surface area contributed by atoms with Crippen molar-refractivity contribution in [1.29, 1.82) is 0 Å². The molecule has 27 heavy (non-hydrogen) atoms. The van der Waals surface area contributed by atoms with Crippen LogP contribution in [0.2, 0.25) is 0 Å². The largest absolute Gasteiger partial charge is 0.449 e. The molecular weight excluding hydrogens is 356 g/mol. The number of nitrogens with zero attached hydrogens (tertiary/aromatic N) is 1. The fourth-order valence-corrected chi connectivity index (χ4v) is 4.51. The number of rotatable bonds is 5. The van der Waals surface area contributed by atoms with E-state index in [1.165, 1.54) is 14.0 Å². The molecule has 0 spiro atoms. The number of nitrogens with one attached hydrogen (secondary N) is 2. The molecule has 0 unspecified atom stereocenters. The van der Waals surface area contributed by atoms with E-state index < -0.39 is 23.5 Å². The van der Waals surface area contributed by atoms with Crippen molar-refractivity contribution < 1.29 is 29.0 Å². The number of amides is 1. The van der Waals surface area contributed by atoms with Crippen molar-refractivity contribution in [3.8, 4) is 0 Å². The lowest BCUT2D eigenvalue weighted by Gasteiger charge is -2.39. The maximum atomic E-state index is 12.9. The number of alkyl carbamates (subject to hydrolysis) is 1. The number of aliphatic hydroxyl groups is 1. The van der Waals surface area contributed by atoms with Gasteiger partial charge in [0.2, 0.25) is 11.6 Å². The van der Waals surface area contributed by atoms with Crippen LogP contribution >= 0.6 is 0 Å². The first-order valence-electron chi connectivity index (χ1n) is 8.78.